The van der Waals surface area contributed by atoms with Crippen LogP contribution in [0.5, 0.6) is 0 Å². The Hall–Kier alpha value is -0.700. The Labute approximate surface area is 334 Å². The maximum Gasteiger partial charge on any atom is 1.00 e. The summed E-state index contributed by atoms with van der Waals surface area (Å²) in [4.78, 5) is 13.2. The van der Waals surface area contributed by atoms with Crippen LogP contribution in [0, 0.1) is 0 Å². The molecule has 0 amide bonds. The molecule has 4 N–H and O–H groups in total. The van der Waals surface area contributed by atoms with Crippen LogP contribution in [-0.4, -0.2) is 77.4 Å². The first kappa shape index (κ1) is 43.3. The minimum absolute atomic E-state index is 0. The number of fused-ring (bicyclic) bond motifs is 1. The first-order chi connectivity index (χ1) is 20.4. The van der Waals surface area contributed by atoms with Gasteiger partial charge in [-0.3, -0.25) is 5.04 Å². The minimum atomic E-state index is -5.14. The van der Waals surface area contributed by atoms with Crippen LogP contribution in [0.3, 0.4) is 0 Å². The summed E-state index contributed by atoms with van der Waals surface area (Å²) in [5.74, 6) is 0.00915. The van der Waals surface area contributed by atoms with Crippen molar-refractivity contribution in [2.75, 3.05) is 41.8 Å². The Morgan fingerprint density at radius 2 is 1.35 bits per heavy atom. The molecule has 1 aromatic heterocycles. The van der Waals surface area contributed by atoms with E-state index >= 15 is 0 Å². The number of anilines is 5. The second kappa shape index (κ2) is 19.5. The molecule has 0 spiro atoms. The van der Waals surface area contributed by atoms with Crippen molar-refractivity contribution in [2.45, 2.75) is 14.7 Å². The summed E-state index contributed by atoms with van der Waals surface area (Å²) in [6.07, 6.45) is 0. The normalized spacial score (nSPS) is 11.2. The third-order valence-electron chi connectivity index (χ3n) is 5.62. The van der Waals surface area contributed by atoms with Gasteiger partial charge < -0.3 is 40.1 Å². The third kappa shape index (κ3) is 12.0. The molecule has 230 valence electrons. The summed E-state index contributed by atoms with van der Waals surface area (Å²) in [6, 6.07) is 11.8. The molecule has 0 aliphatic heterocycles. The van der Waals surface area contributed by atoms with E-state index in [-0.39, 0.29) is 149 Å². The molecule has 0 radical (unpaired) electrons. The maximum absolute atomic E-state index is 11.8. The van der Waals surface area contributed by atoms with E-state index in [2.05, 4.69) is 35.0 Å². The van der Waals surface area contributed by atoms with Gasteiger partial charge in [0.2, 0.25) is 17.8 Å². The maximum atomic E-state index is 11.8. The fourth-order valence-electron chi connectivity index (χ4n) is 3.81. The summed E-state index contributed by atoms with van der Waals surface area (Å²) in [7, 11) is -10.3. The number of hydrogen-bond donors (Lipinski definition) is 4. The van der Waals surface area contributed by atoms with Gasteiger partial charge in [0.05, 0.1) is 35.0 Å². The van der Waals surface area contributed by atoms with Gasteiger partial charge in [-0.2, -0.15) is 19.3 Å². The van der Waals surface area contributed by atoms with Crippen LogP contribution in [0.2, 0.25) is 0 Å². The predicted octanol–water partition coefficient (Wildman–Crippen LogP) is -8.65. The van der Waals surface area contributed by atoms with E-state index in [1.54, 1.807) is 24.3 Å². The van der Waals surface area contributed by atoms with Crippen molar-refractivity contribution in [3.05, 3.63) is 54.6 Å². The smallest absolute Gasteiger partial charge is 0.744 e. The molecular formula is C23H21N6Na3O11S3. The number of benzene rings is 3. The van der Waals surface area contributed by atoms with E-state index < -0.39 is 30.0 Å². The van der Waals surface area contributed by atoms with Crippen molar-refractivity contribution in [1.29, 1.82) is 0 Å². The fraction of sp³-hybridized carbons (Fsp3) is 0.174. The molecule has 4 rings (SSSR count). The van der Waals surface area contributed by atoms with Crippen LogP contribution >= 0.6 is 12.0 Å². The van der Waals surface area contributed by atoms with Crippen molar-refractivity contribution >= 4 is 72.3 Å². The second-order valence-corrected chi connectivity index (χ2v) is 12.0. The number of aliphatic hydroxyl groups excluding tert-OH is 2. The molecule has 0 aliphatic rings. The van der Waals surface area contributed by atoms with Gasteiger partial charge in [-0.1, -0.05) is 6.07 Å². The molecule has 23 heteroatoms. The van der Waals surface area contributed by atoms with E-state index in [4.69, 9.17) is 0 Å². The predicted molar refractivity (Wildman–Crippen MR) is 147 cm³/mol. The molecule has 1 heterocycles. The number of hydrogen-bond acceptors (Lipinski definition) is 18. The van der Waals surface area contributed by atoms with E-state index in [0.29, 0.717) is 28.7 Å². The van der Waals surface area contributed by atoms with Gasteiger partial charge >= 0.3 is 88.7 Å². The number of aliphatic hydroxyl groups is 2. The molecule has 0 atom stereocenters. The molecule has 0 aliphatic carbocycles. The Morgan fingerprint density at radius 3 is 1.87 bits per heavy atom. The quantitative estimate of drug-likeness (QED) is 0.0310. The molecule has 4 aromatic rings. The van der Waals surface area contributed by atoms with Crippen LogP contribution in [0.1, 0.15) is 0 Å². The Bertz CT molecular complexity index is 1820. The molecule has 46 heavy (non-hydrogen) atoms. The van der Waals surface area contributed by atoms with Gasteiger partial charge in [-0.25, -0.2) is 16.8 Å². The number of nitrogens with one attached hydrogen (secondary N) is 2. The molecule has 3 aromatic carbocycles. The van der Waals surface area contributed by atoms with Crippen molar-refractivity contribution < 1.29 is 139 Å². The van der Waals surface area contributed by atoms with Crippen molar-refractivity contribution in [1.82, 2.24) is 15.0 Å². The molecule has 0 saturated heterocycles. The summed E-state index contributed by atoms with van der Waals surface area (Å²) in [5.41, 5.74) is 0.720. The SMILES string of the molecule is O=S(=O)([O-])c1cc(S(=O)(=O)[O-])c2ccc(Nc3nc(Nc4ccc(SOO[O-])cc4)nc(N(CCO)CCO)n3)cc2c1.[Na+].[Na+].[Na+]. The van der Waals surface area contributed by atoms with Crippen molar-refractivity contribution in [3.8, 4) is 0 Å². The van der Waals surface area contributed by atoms with Crippen LogP contribution in [0.4, 0.5) is 29.2 Å². The van der Waals surface area contributed by atoms with Gasteiger partial charge in [0.25, 0.3) is 0 Å². The van der Waals surface area contributed by atoms with Gasteiger partial charge in [0.1, 0.15) is 20.2 Å². The summed E-state index contributed by atoms with van der Waals surface area (Å²) in [5, 5.41) is 38.0. The topological polar surface area (TPSA) is 262 Å². The monoisotopic (exact) mass is 722 g/mol. The number of aromatic nitrogens is 3. The Balaban J connectivity index is 0.00000353. The first-order valence-corrected chi connectivity index (χ1v) is 15.5. The molecule has 0 saturated carbocycles. The standard InChI is InChI=1S/C23H24N6O11S3.3Na/c30-9-7-29(8-10-31)23-27-21(24-15-1-4-17(5-2-15)41-40-39-32)26-22(28-23)25-16-3-6-19-14(11-16)12-18(42(33,34)35)13-20(19)43(36,37)38;;;/h1-6,11-13,30-32H,7-10H2,(H,33,34,35)(H,36,37,38)(H2,24,25,26,27,28);;;/q;3*+1/p-3. The second-order valence-electron chi connectivity index (χ2n) is 8.48. The van der Waals surface area contributed by atoms with Gasteiger partial charge in [0, 0.05) is 29.4 Å². The summed E-state index contributed by atoms with van der Waals surface area (Å²) in [6.45, 7) is -0.448. The van der Waals surface area contributed by atoms with Crippen LogP contribution in [0.25, 0.3) is 10.8 Å². The number of nitrogens with zero attached hydrogens (tertiary/aromatic N) is 4. The summed E-state index contributed by atoms with van der Waals surface area (Å²) >= 11 is 0.692. The average Bonchev–Trinajstić information content (AvgIpc) is 2.95. The van der Waals surface area contributed by atoms with E-state index in [1.807, 2.05) is 0 Å². The van der Waals surface area contributed by atoms with E-state index in [0.717, 1.165) is 6.07 Å². The average molecular weight is 723 g/mol. The molecular weight excluding hydrogens is 701 g/mol. The largest absolute Gasteiger partial charge is 1.00 e. The Kier molecular flexibility index (Phi) is 18.3. The first-order valence-electron chi connectivity index (χ1n) is 11.9. The third-order valence-corrected chi connectivity index (χ3v) is 7.89. The zero-order valence-corrected chi connectivity index (χ0v) is 33.1. The molecule has 0 fully saturated rings. The molecule has 0 unspecified atom stereocenters. The Morgan fingerprint density at radius 1 is 0.783 bits per heavy atom. The number of rotatable bonds is 14. The zero-order valence-electron chi connectivity index (χ0n) is 24.6. The van der Waals surface area contributed by atoms with Gasteiger partial charge in [-0.05, 0) is 59.3 Å². The summed E-state index contributed by atoms with van der Waals surface area (Å²) < 4.78 is 74.5. The van der Waals surface area contributed by atoms with Gasteiger partial charge in [0.15, 0.2) is 0 Å². The van der Waals surface area contributed by atoms with E-state index in [1.165, 1.54) is 23.1 Å². The van der Waals surface area contributed by atoms with Crippen LogP contribution in [0.15, 0.2) is 69.3 Å². The minimum Gasteiger partial charge on any atom is -0.744 e. The van der Waals surface area contributed by atoms with Gasteiger partial charge in [-0.15, -0.1) is 0 Å². The van der Waals surface area contributed by atoms with Crippen LogP contribution in [-0.2, 0) is 29.6 Å². The van der Waals surface area contributed by atoms with Crippen molar-refractivity contribution in [2.24, 2.45) is 0 Å². The van der Waals surface area contributed by atoms with E-state index in [9.17, 15) is 41.4 Å². The molecule has 17 nitrogen and oxygen atoms in total. The molecule has 0 bridgehead atoms. The van der Waals surface area contributed by atoms with Crippen molar-refractivity contribution in [3.63, 3.8) is 0 Å². The van der Waals surface area contributed by atoms with Crippen LogP contribution < -0.4 is 109 Å². The fourth-order valence-corrected chi connectivity index (χ4v) is 5.50. The zero-order chi connectivity index (χ0) is 31.2.